The molecule has 1 heterocycles. The van der Waals surface area contributed by atoms with E-state index in [2.05, 4.69) is 20.8 Å². The van der Waals surface area contributed by atoms with E-state index in [1.54, 1.807) is 32.4 Å². The van der Waals surface area contributed by atoms with E-state index in [0.717, 1.165) is 31.4 Å². The van der Waals surface area contributed by atoms with Gasteiger partial charge in [0.2, 0.25) is 0 Å². The predicted octanol–water partition coefficient (Wildman–Crippen LogP) is 3.69. The van der Waals surface area contributed by atoms with Gasteiger partial charge in [0, 0.05) is 18.7 Å². The molecule has 1 aliphatic heterocycles. The Morgan fingerprint density at radius 1 is 1.14 bits per heavy atom. The maximum atomic E-state index is 12.7. The summed E-state index contributed by atoms with van der Waals surface area (Å²) in [6.07, 6.45) is 6.10. The fourth-order valence-corrected chi connectivity index (χ4v) is 5.14. The lowest BCUT2D eigenvalue weighted by Gasteiger charge is -2.39. The van der Waals surface area contributed by atoms with Crippen LogP contribution in [0.4, 0.5) is 0 Å². The Labute approximate surface area is 172 Å². The minimum Gasteiger partial charge on any atom is -0.493 e. The molecule has 0 N–H and O–H groups in total. The summed E-state index contributed by atoms with van der Waals surface area (Å²) in [4.78, 5) is 26.7. The molecular formula is C23H31NO5. The third-order valence-corrected chi connectivity index (χ3v) is 5.89. The normalized spacial score (nSPS) is 25.1. The number of hydrogen-bond donors (Lipinski definition) is 0. The van der Waals surface area contributed by atoms with Gasteiger partial charge in [-0.1, -0.05) is 26.8 Å². The Hall–Kier alpha value is -2.50. The van der Waals surface area contributed by atoms with Crippen molar-refractivity contribution in [3.63, 3.8) is 0 Å². The lowest BCUT2D eigenvalue weighted by molar-refractivity contribution is -0.148. The van der Waals surface area contributed by atoms with E-state index in [1.165, 1.54) is 6.08 Å². The van der Waals surface area contributed by atoms with Gasteiger partial charge in [-0.15, -0.1) is 0 Å². The summed E-state index contributed by atoms with van der Waals surface area (Å²) in [6, 6.07) is 5.59. The zero-order chi connectivity index (χ0) is 21.2. The molecule has 1 amide bonds. The summed E-state index contributed by atoms with van der Waals surface area (Å²) in [6.45, 7) is 7.32. The van der Waals surface area contributed by atoms with Crippen LogP contribution < -0.4 is 9.47 Å². The van der Waals surface area contributed by atoms with Crippen LogP contribution in [0.15, 0.2) is 24.3 Å². The molecule has 1 aromatic rings. The van der Waals surface area contributed by atoms with Crippen molar-refractivity contribution in [2.24, 2.45) is 10.8 Å². The minimum absolute atomic E-state index is 0.107. The molecule has 2 atom stereocenters. The largest absolute Gasteiger partial charge is 0.493 e. The Kier molecular flexibility index (Phi) is 5.92. The first-order valence-electron chi connectivity index (χ1n) is 10.0. The fourth-order valence-electron chi connectivity index (χ4n) is 5.14. The molecule has 2 bridgehead atoms. The zero-order valence-electron chi connectivity index (χ0n) is 18.0. The second-order valence-corrected chi connectivity index (χ2v) is 9.29. The third-order valence-electron chi connectivity index (χ3n) is 5.89. The highest BCUT2D eigenvalue weighted by atomic mass is 16.5. The van der Waals surface area contributed by atoms with Gasteiger partial charge in [0.25, 0.3) is 5.91 Å². The van der Waals surface area contributed by atoms with Gasteiger partial charge < -0.3 is 19.1 Å². The van der Waals surface area contributed by atoms with Crippen LogP contribution in [0, 0.1) is 10.8 Å². The average Bonchev–Trinajstić information content (AvgIpc) is 2.92. The first kappa shape index (κ1) is 21.2. The highest BCUT2D eigenvalue weighted by Gasteiger charge is 2.50. The summed E-state index contributed by atoms with van der Waals surface area (Å²) in [5.41, 5.74) is 1.18. The van der Waals surface area contributed by atoms with Crippen LogP contribution >= 0.6 is 0 Å². The molecule has 6 heteroatoms. The number of methoxy groups -OCH3 is 2. The Balaban J connectivity index is 1.54. The van der Waals surface area contributed by atoms with E-state index < -0.39 is 5.97 Å². The lowest BCUT2D eigenvalue weighted by Crippen LogP contribution is -2.39. The van der Waals surface area contributed by atoms with Gasteiger partial charge in [-0.2, -0.15) is 0 Å². The predicted molar refractivity (Wildman–Crippen MR) is 111 cm³/mol. The molecule has 1 saturated carbocycles. The maximum Gasteiger partial charge on any atom is 0.331 e. The SMILES string of the molecule is COc1ccc(/C=C/C(=O)OCC(=O)N2C[C@]3(C)C[C@H]2CC(C)(C)C3)cc1OC. The maximum absolute atomic E-state index is 12.7. The second kappa shape index (κ2) is 8.09. The van der Waals surface area contributed by atoms with E-state index in [1.807, 2.05) is 11.0 Å². The fraction of sp³-hybridized carbons (Fsp3) is 0.565. The highest BCUT2D eigenvalue weighted by Crippen LogP contribution is 2.52. The van der Waals surface area contributed by atoms with E-state index in [0.29, 0.717) is 11.5 Å². The topological polar surface area (TPSA) is 65.1 Å². The molecule has 29 heavy (non-hydrogen) atoms. The smallest absolute Gasteiger partial charge is 0.331 e. The van der Waals surface area contributed by atoms with Gasteiger partial charge in [-0.3, -0.25) is 4.79 Å². The first-order chi connectivity index (χ1) is 13.6. The van der Waals surface area contributed by atoms with E-state index in [9.17, 15) is 9.59 Å². The van der Waals surface area contributed by atoms with Crippen LogP contribution in [-0.4, -0.2) is 50.2 Å². The molecule has 2 aliphatic rings. The Morgan fingerprint density at radius 2 is 1.86 bits per heavy atom. The van der Waals surface area contributed by atoms with Gasteiger partial charge >= 0.3 is 5.97 Å². The number of benzene rings is 1. The number of carbonyl (C=O) groups excluding carboxylic acids is 2. The Morgan fingerprint density at radius 3 is 2.55 bits per heavy atom. The van der Waals surface area contributed by atoms with Crippen LogP contribution in [0.2, 0.25) is 0 Å². The monoisotopic (exact) mass is 401 g/mol. The molecule has 3 rings (SSSR count). The van der Waals surface area contributed by atoms with Crippen molar-refractivity contribution in [3.05, 3.63) is 29.8 Å². The van der Waals surface area contributed by atoms with Gasteiger partial charge in [-0.25, -0.2) is 4.79 Å². The number of carbonyl (C=O) groups is 2. The standard InChI is InChI=1S/C23H31NO5/c1-22(2)11-17-12-23(3,14-22)15-24(17)20(25)13-29-21(26)9-7-16-6-8-18(27-4)19(10-16)28-5/h6-10,17H,11-15H2,1-5H3/b9-7+/t17-,23-/m1/s1. The number of amides is 1. The van der Waals surface area contributed by atoms with Crippen molar-refractivity contribution in [2.45, 2.75) is 46.1 Å². The second-order valence-electron chi connectivity index (χ2n) is 9.29. The summed E-state index contributed by atoms with van der Waals surface area (Å²) in [5, 5.41) is 0. The average molecular weight is 402 g/mol. The van der Waals surface area contributed by atoms with Crippen LogP contribution in [0.3, 0.4) is 0 Å². The number of hydrogen-bond acceptors (Lipinski definition) is 5. The highest BCUT2D eigenvalue weighted by molar-refractivity contribution is 5.89. The number of ether oxygens (including phenoxy) is 3. The van der Waals surface area contributed by atoms with E-state index in [4.69, 9.17) is 14.2 Å². The van der Waals surface area contributed by atoms with E-state index in [-0.39, 0.29) is 29.4 Å². The molecule has 1 aromatic carbocycles. The van der Waals surface area contributed by atoms with Gasteiger partial charge in [0.15, 0.2) is 18.1 Å². The molecule has 1 aliphatic carbocycles. The summed E-state index contributed by atoms with van der Waals surface area (Å²) in [5.74, 6) is 0.548. The molecule has 0 spiro atoms. The quantitative estimate of drug-likeness (QED) is 0.537. The van der Waals surface area contributed by atoms with Crippen molar-refractivity contribution in [1.82, 2.24) is 4.90 Å². The third kappa shape index (κ3) is 4.92. The Bertz CT molecular complexity index is 815. The molecular weight excluding hydrogens is 370 g/mol. The summed E-state index contributed by atoms with van der Waals surface area (Å²) in [7, 11) is 3.12. The molecule has 1 saturated heterocycles. The number of rotatable bonds is 6. The van der Waals surface area contributed by atoms with Gasteiger partial charge in [0.05, 0.1) is 14.2 Å². The van der Waals surface area contributed by atoms with Gasteiger partial charge in [0.1, 0.15) is 0 Å². The van der Waals surface area contributed by atoms with Crippen molar-refractivity contribution >= 4 is 18.0 Å². The van der Waals surface area contributed by atoms with Crippen molar-refractivity contribution < 1.29 is 23.8 Å². The molecule has 158 valence electrons. The van der Waals surface area contributed by atoms with Crippen LogP contribution in [-0.2, 0) is 14.3 Å². The summed E-state index contributed by atoms with van der Waals surface area (Å²) < 4.78 is 15.6. The van der Waals surface area contributed by atoms with Crippen LogP contribution in [0.1, 0.15) is 45.6 Å². The summed E-state index contributed by atoms with van der Waals surface area (Å²) >= 11 is 0. The molecule has 2 fully saturated rings. The van der Waals surface area contributed by atoms with Crippen LogP contribution in [0.25, 0.3) is 6.08 Å². The molecule has 0 aromatic heterocycles. The van der Waals surface area contributed by atoms with Gasteiger partial charge in [-0.05, 0) is 53.9 Å². The molecule has 6 nitrogen and oxygen atoms in total. The number of fused-ring (bicyclic) bond motifs is 2. The first-order valence-corrected chi connectivity index (χ1v) is 10.0. The zero-order valence-corrected chi connectivity index (χ0v) is 18.0. The van der Waals surface area contributed by atoms with E-state index >= 15 is 0 Å². The molecule has 0 radical (unpaired) electrons. The van der Waals surface area contributed by atoms with Crippen molar-refractivity contribution in [2.75, 3.05) is 27.4 Å². The lowest BCUT2D eigenvalue weighted by atomic mass is 9.65. The number of likely N-dealkylation sites (tertiary alicyclic amines) is 1. The van der Waals surface area contributed by atoms with Crippen LogP contribution in [0.5, 0.6) is 11.5 Å². The van der Waals surface area contributed by atoms with Crippen molar-refractivity contribution in [3.8, 4) is 11.5 Å². The number of esters is 1. The van der Waals surface area contributed by atoms with Crippen molar-refractivity contribution in [1.29, 1.82) is 0 Å². The minimum atomic E-state index is -0.540. The molecule has 0 unspecified atom stereocenters. The number of nitrogens with zero attached hydrogens (tertiary/aromatic N) is 1.